The number of hydrogen-bond donors (Lipinski definition) is 3. The third-order valence-corrected chi connectivity index (χ3v) is 6.61. The zero-order valence-corrected chi connectivity index (χ0v) is 23.3. The summed E-state index contributed by atoms with van der Waals surface area (Å²) in [5, 5.41) is 16.1. The standard InChI is InChI=1S/C30H31ClN4O6/c1-20-25(24-4-2-3-5-26(24)35(20)30(39)21-6-9-23(31)10-7-21)18-28(37)32-12-14-40-16-17-41-15-13-33-29(38)22-8-11-27(36)34-19-22/h2-11,19H,12-18H2,1H3,(H,32,37)(H,33,38)(H,34,36). The van der Waals surface area contributed by atoms with Crippen LogP contribution >= 0.6 is 11.6 Å². The number of carbonyl (C=O) groups excluding carboxylic acids is 3. The summed E-state index contributed by atoms with van der Waals surface area (Å²) in [4.78, 5) is 41.6. The Hall–Kier alpha value is -4.25. The van der Waals surface area contributed by atoms with Gasteiger partial charge in [-0.1, -0.05) is 29.8 Å². The Kier molecular flexibility index (Phi) is 10.4. The van der Waals surface area contributed by atoms with Crippen molar-refractivity contribution in [2.75, 3.05) is 39.5 Å². The molecule has 0 unspecified atom stereocenters. The van der Waals surface area contributed by atoms with Crippen LogP contribution in [0.15, 0.2) is 66.9 Å². The van der Waals surface area contributed by atoms with Gasteiger partial charge in [-0.2, -0.15) is 0 Å². The molecule has 0 saturated carbocycles. The van der Waals surface area contributed by atoms with Gasteiger partial charge in [-0.15, -0.1) is 0 Å². The highest BCUT2D eigenvalue weighted by Gasteiger charge is 2.21. The van der Waals surface area contributed by atoms with Gasteiger partial charge in [0.25, 0.3) is 11.8 Å². The van der Waals surface area contributed by atoms with E-state index in [1.165, 1.54) is 18.3 Å². The minimum Gasteiger partial charge on any atom is -0.493 e. The number of nitrogens with zero attached hydrogens (tertiary/aromatic N) is 2. The third kappa shape index (κ3) is 7.91. The molecule has 2 heterocycles. The first-order valence-electron chi connectivity index (χ1n) is 13.1. The molecule has 4 aromatic rings. The van der Waals surface area contributed by atoms with Gasteiger partial charge in [0.05, 0.1) is 43.9 Å². The van der Waals surface area contributed by atoms with Crippen LogP contribution in [0.4, 0.5) is 0 Å². The van der Waals surface area contributed by atoms with Gasteiger partial charge in [-0.25, -0.2) is 4.98 Å². The van der Waals surface area contributed by atoms with Crippen LogP contribution in [0.25, 0.3) is 10.9 Å². The topological polar surface area (TPSA) is 132 Å². The number of pyridine rings is 1. The number of rotatable bonds is 13. The van der Waals surface area contributed by atoms with Crippen LogP contribution in [0.1, 0.15) is 32.0 Å². The van der Waals surface area contributed by atoms with Crippen LogP contribution in [0.3, 0.4) is 0 Å². The fourth-order valence-corrected chi connectivity index (χ4v) is 4.43. The van der Waals surface area contributed by atoms with E-state index < -0.39 is 0 Å². The summed E-state index contributed by atoms with van der Waals surface area (Å²) >= 11 is 5.98. The number of fused-ring (bicyclic) bond motifs is 1. The number of nitrogens with one attached hydrogen (secondary N) is 2. The summed E-state index contributed by atoms with van der Waals surface area (Å²) in [5.41, 5.74) is 3.11. The molecule has 10 nitrogen and oxygen atoms in total. The number of amides is 2. The third-order valence-electron chi connectivity index (χ3n) is 6.36. The molecule has 0 aliphatic rings. The average molecular weight is 579 g/mol. The highest BCUT2D eigenvalue weighted by atomic mass is 35.5. The van der Waals surface area contributed by atoms with E-state index in [0.29, 0.717) is 61.4 Å². The van der Waals surface area contributed by atoms with E-state index in [1.807, 2.05) is 31.2 Å². The van der Waals surface area contributed by atoms with Crippen molar-refractivity contribution < 1.29 is 29.0 Å². The van der Waals surface area contributed by atoms with Crippen molar-refractivity contribution in [1.82, 2.24) is 20.2 Å². The highest BCUT2D eigenvalue weighted by Crippen LogP contribution is 2.27. The normalized spacial score (nSPS) is 11.0. The molecule has 0 saturated heterocycles. The number of para-hydroxylation sites is 1. The number of halogens is 1. The summed E-state index contributed by atoms with van der Waals surface area (Å²) in [6, 6.07) is 17.1. The lowest BCUT2D eigenvalue weighted by molar-refractivity contribution is -0.120. The predicted molar refractivity (Wildman–Crippen MR) is 154 cm³/mol. The van der Waals surface area contributed by atoms with Gasteiger partial charge in [0.1, 0.15) is 0 Å². The lowest BCUT2D eigenvalue weighted by Gasteiger charge is -2.09. The van der Waals surface area contributed by atoms with Crippen molar-refractivity contribution in [2.45, 2.75) is 13.3 Å². The van der Waals surface area contributed by atoms with Crippen molar-refractivity contribution in [3.05, 3.63) is 94.3 Å². The van der Waals surface area contributed by atoms with Gasteiger partial charge < -0.3 is 25.2 Å². The highest BCUT2D eigenvalue weighted by molar-refractivity contribution is 6.30. The van der Waals surface area contributed by atoms with Gasteiger partial charge in [0.2, 0.25) is 11.8 Å². The molecule has 41 heavy (non-hydrogen) atoms. The van der Waals surface area contributed by atoms with Gasteiger partial charge in [0, 0.05) is 47.0 Å². The molecule has 214 valence electrons. The summed E-state index contributed by atoms with van der Waals surface area (Å²) < 4.78 is 12.6. The zero-order chi connectivity index (χ0) is 29.2. The van der Waals surface area contributed by atoms with Crippen LogP contribution in [0.5, 0.6) is 5.88 Å². The second kappa shape index (κ2) is 14.4. The van der Waals surface area contributed by atoms with E-state index in [1.54, 1.807) is 28.8 Å². The van der Waals surface area contributed by atoms with E-state index in [4.69, 9.17) is 26.2 Å². The smallest absolute Gasteiger partial charge is 0.262 e. The minimum atomic E-state index is -0.305. The minimum absolute atomic E-state index is 0.127. The molecule has 3 N–H and O–H groups in total. The first-order valence-corrected chi connectivity index (χ1v) is 13.5. The van der Waals surface area contributed by atoms with Crippen LogP contribution in [-0.2, 0) is 20.7 Å². The fraction of sp³-hybridized carbons (Fsp3) is 0.267. The van der Waals surface area contributed by atoms with E-state index >= 15 is 0 Å². The fourth-order valence-electron chi connectivity index (χ4n) is 4.31. The van der Waals surface area contributed by atoms with Gasteiger partial charge in [-0.3, -0.25) is 19.0 Å². The summed E-state index contributed by atoms with van der Waals surface area (Å²) in [6.07, 6.45) is 1.42. The van der Waals surface area contributed by atoms with Gasteiger partial charge >= 0.3 is 0 Å². The zero-order valence-electron chi connectivity index (χ0n) is 22.6. The van der Waals surface area contributed by atoms with Crippen LogP contribution < -0.4 is 10.6 Å². The second-order valence-corrected chi connectivity index (χ2v) is 9.58. The number of hydrogen-bond acceptors (Lipinski definition) is 7. The van der Waals surface area contributed by atoms with Crippen molar-refractivity contribution >= 4 is 40.2 Å². The molecule has 0 spiro atoms. The summed E-state index contributed by atoms with van der Waals surface area (Å²) in [6.45, 7) is 3.79. The Morgan fingerprint density at radius 2 is 1.54 bits per heavy atom. The predicted octanol–water partition coefficient (Wildman–Crippen LogP) is 3.51. The maximum Gasteiger partial charge on any atom is 0.262 e. The largest absolute Gasteiger partial charge is 0.493 e. The molecular formula is C30H31ClN4O6. The number of benzene rings is 2. The maximum atomic E-state index is 13.3. The molecule has 0 aliphatic heterocycles. The van der Waals surface area contributed by atoms with E-state index in [0.717, 1.165) is 16.5 Å². The van der Waals surface area contributed by atoms with Crippen LogP contribution in [-0.4, -0.2) is 71.9 Å². The number of carbonyl (C=O) groups is 3. The van der Waals surface area contributed by atoms with E-state index in [-0.39, 0.29) is 30.0 Å². The van der Waals surface area contributed by atoms with Gasteiger partial charge in [-0.05, 0) is 48.9 Å². The number of ether oxygens (including phenoxy) is 2. The molecule has 2 amide bonds. The number of aromatic hydroxyl groups is 1. The molecule has 0 radical (unpaired) electrons. The lowest BCUT2D eigenvalue weighted by atomic mass is 10.1. The van der Waals surface area contributed by atoms with E-state index in [2.05, 4.69) is 15.6 Å². The second-order valence-electron chi connectivity index (χ2n) is 9.14. The van der Waals surface area contributed by atoms with Crippen molar-refractivity contribution in [3.8, 4) is 5.88 Å². The van der Waals surface area contributed by atoms with Crippen molar-refractivity contribution in [3.63, 3.8) is 0 Å². The lowest BCUT2D eigenvalue weighted by Crippen LogP contribution is -2.29. The molecule has 2 aromatic heterocycles. The molecule has 0 fully saturated rings. The quantitative estimate of drug-likeness (QED) is 0.207. The first-order chi connectivity index (χ1) is 19.8. The SMILES string of the molecule is Cc1c(CC(=O)NCCOCCOCCNC(=O)c2ccc(O)nc2)c2ccccc2n1C(=O)c1ccc(Cl)cc1. The number of aromatic nitrogens is 2. The van der Waals surface area contributed by atoms with Gasteiger partial charge in [0.15, 0.2) is 0 Å². The summed E-state index contributed by atoms with van der Waals surface area (Å²) in [5.74, 6) is -0.809. The molecular weight excluding hydrogens is 548 g/mol. The van der Waals surface area contributed by atoms with Crippen LogP contribution in [0.2, 0.25) is 5.02 Å². The Morgan fingerprint density at radius 3 is 2.22 bits per heavy atom. The molecule has 11 heteroatoms. The molecule has 0 aliphatic carbocycles. The Balaban J connectivity index is 1.17. The Labute approximate surface area is 242 Å². The maximum absolute atomic E-state index is 13.3. The molecule has 2 aromatic carbocycles. The first kappa shape index (κ1) is 29.7. The van der Waals surface area contributed by atoms with Crippen LogP contribution in [0, 0.1) is 6.92 Å². The average Bonchev–Trinajstić information content (AvgIpc) is 3.25. The Morgan fingerprint density at radius 1 is 0.878 bits per heavy atom. The molecule has 4 rings (SSSR count). The Bertz CT molecular complexity index is 1500. The monoisotopic (exact) mass is 578 g/mol. The van der Waals surface area contributed by atoms with E-state index in [9.17, 15) is 14.4 Å². The molecule has 0 atom stereocenters. The van der Waals surface area contributed by atoms with Crippen molar-refractivity contribution in [1.29, 1.82) is 0 Å². The van der Waals surface area contributed by atoms with Crippen molar-refractivity contribution in [2.24, 2.45) is 0 Å². The summed E-state index contributed by atoms with van der Waals surface area (Å²) in [7, 11) is 0. The molecule has 0 bridgehead atoms.